The van der Waals surface area contributed by atoms with Crippen molar-refractivity contribution in [1.29, 1.82) is 0 Å². The van der Waals surface area contributed by atoms with Gasteiger partial charge >= 0.3 is 0 Å². The molecule has 2 aromatic rings. The summed E-state index contributed by atoms with van der Waals surface area (Å²) in [5.74, 6) is -4.29. The van der Waals surface area contributed by atoms with Crippen molar-refractivity contribution in [1.82, 2.24) is 4.98 Å². The molecule has 0 saturated carbocycles. The molecule has 6 heteroatoms. The molecule has 0 fully saturated rings. The molecule has 0 amide bonds. The lowest BCUT2D eigenvalue weighted by Crippen LogP contribution is -2.07. The van der Waals surface area contributed by atoms with Gasteiger partial charge in [0.25, 0.3) is 0 Å². The van der Waals surface area contributed by atoms with Crippen LogP contribution in [0.4, 0.5) is 13.2 Å². The van der Waals surface area contributed by atoms with Gasteiger partial charge in [-0.3, -0.25) is 4.98 Å². The maximum absolute atomic E-state index is 13.5. The highest BCUT2D eigenvalue weighted by atomic mass is 35.5. The second-order valence-corrected chi connectivity index (χ2v) is 4.36. The normalized spacial score (nSPS) is 12.5. The quantitative estimate of drug-likeness (QED) is 0.878. The molecule has 0 spiro atoms. The molecule has 2 rings (SSSR count). The highest BCUT2D eigenvalue weighted by Gasteiger charge is 2.20. The van der Waals surface area contributed by atoms with E-state index in [1.54, 1.807) is 6.07 Å². The zero-order valence-electron chi connectivity index (χ0n) is 9.58. The first-order valence-electron chi connectivity index (χ1n) is 5.40. The molecule has 2 nitrogen and oxygen atoms in total. The van der Waals surface area contributed by atoms with Crippen LogP contribution in [0.25, 0.3) is 0 Å². The lowest BCUT2D eigenvalue weighted by Gasteiger charge is -2.13. The molecule has 1 heterocycles. The van der Waals surface area contributed by atoms with Gasteiger partial charge in [-0.25, -0.2) is 13.2 Å². The third-order valence-corrected chi connectivity index (χ3v) is 3.03. The smallest absolute Gasteiger partial charge is 0.194 e. The fraction of sp³-hybridized carbons (Fsp3) is 0.154. The summed E-state index contributed by atoms with van der Waals surface area (Å²) in [5.41, 5.74) is 0.222. The first-order chi connectivity index (χ1) is 9.00. The Morgan fingerprint density at radius 2 is 1.89 bits per heavy atom. The Bertz CT molecular complexity index is 606. The van der Waals surface area contributed by atoms with E-state index in [1.807, 2.05) is 0 Å². The molecule has 19 heavy (non-hydrogen) atoms. The summed E-state index contributed by atoms with van der Waals surface area (Å²) in [6.45, 7) is 0. The zero-order valence-corrected chi connectivity index (χ0v) is 10.3. The Labute approximate surface area is 112 Å². The summed E-state index contributed by atoms with van der Waals surface area (Å²) >= 11 is 5.85. The van der Waals surface area contributed by atoms with Crippen molar-refractivity contribution in [2.75, 3.05) is 0 Å². The van der Waals surface area contributed by atoms with Gasteiger partial charge in [-0.15, -0.1) is 0 Å². The van der Waals surface area contributed by atoms with Crippen molar-refractivity contribution in [3.05, 3.63) is 64.2 Å². The van der Waals surface area contributed by atoms with Crippen LogP contribution >= 0.6 is 11.6 Å². The number of nitrogens with zero attached hydrogens (tertiary/aromatic N) is 1. The van der Waals surface area contributed by atoms with Gasteiger partial charge in [-0.1, -0.05) is 17.7 Å². The number of hydrogen-bond acceptors (Lipinski definition) is 2. The van der Waals surface area contributed by atoms with Gasteiger partial charge in [-0.05, 0) is 17.7 Å². The van der Waals surface area contributed by atoms with Crippen molar-refractivity contribution in [2.24, 2.45) is 0 Å². The molecule has 1 aromatic heterocycles. The van der Waals surface area contributed by atoms with Crippen molar-refractivity contribution in [3.63, 3.8) is 0 Å². The summed E-state index contributed by atoms with van der Waals surface area (Å²) < 4.78 is 39.4. The van der Waals surface area contributed by atoms with E-state index in [0.29, 0.717) is 10.6 Å². The summed E-state index contributed by atoms with van der Waals surface area (Å²) in [4.78, 5) is 3.77. The highest BCUT2D eigenvalue weighted by molar-refractivity contribution is 6.31. The third-order valence-electron chi connectivity index (χ3n) is 2.69. The zero-order chi connectivity index (χ0) is 14.0. The molecular weight excluding hydrogens is 279 g/mol. The average Bonchev–Trinajstić information content (AvgIpc) is 2.39. The van der Waals surface area contributed by atoms with Crippen LogP contribution in [0.2, 0.25) is 5.02 Å². The number of aliphatic hydroxyl groups excluding tert-OH is 1. The minimum absolute atomic E-state index is 0.0245. The van der Waals surface area contributed by atoms with Crippen LogP contribution in [0.15, 0.2) is 30.6 Å². The molecule has 0 aliphatic rings. The van der Waals surface area contributed by atoms with Crippen molar-refractivity contribution >= 4 is 11.6 Å². The summed E-state index contributed by atoms with van der Waals surface area (Å²) in [7, 11) is 0. The second-order valence-electron chi connectivity index (χ2n) is 3.95. The SMILES string of the molecule is OC(Cc1ccncc1Cl)c1ccc(F)c(F)c1F. The summed E-state index contributed by atoms with van der Waals surface area (Å²) in [6.07, 6.45) is 1.50. The number of pyridine rings is 1. The highest BCUT2D eigenvalue weighted by Crippen LogP contribution is 2.26. The summed E-state index contributed by atoms with van der Waals surface area (Å²) in [6, 6.07) is 3.34. The minimum Gasteiger partial charge on any atom is -0.388 e. The Balaban J connectivity index is 2.28. The molecule has 0 saturated heterocycles. The first kappa shape index (κ1) is 13.8. The molecular formula is C13H9ClF3NO. The lowest BCUT2D eigenvalue weighted by atomic mass is 10.0. The molecule has 0 bridgehead atoms. The molecule has 0 aliphatic heterocycles. The van der Waals surface area contributed by atoms with Crippen LogP contribution < -0.4 is 0 Å². The van der Waals surface area contributed by atoms with E-state index in [4.69, 9.17) is 11.6 Å². The van der Waals surface area contributed by atoms with Crippen molar-refractivity contribution in [3.8, 4) is 0 Å². The topological polar surface area (TPSA) is 33.1 Å². The van der Waals surface area contributed by atoms with Crippen molar-refractivity contribution in [2.45, 2.75) is 12.5 Å². The predicted octanol–water partition coefficient (Wildman–Crippen LogP) is 3.43. The van der Waals surface area contributed by atoms with Crippen LogP contribution in [0.1, 0.15) is 17.2 Å². The number of halogens is 4. The standard InChI is InChI=1S/C13H9ClF3NO/c14-9-6-18-4-3-7(9)5-11(19)8-1-2-10(15)13(17)12(8)16/h1-4,6,11,19H,5H2. The van der Waals surface area contributed by atoms with E-state index in [9.17, 15) is 18.3 Å². The maximum atomic E-state index is 13.5. The number of benzene rings is 1. The van der Waals surface area contributed by atoms with Crippen LogP contribution in [0.3, 0.4) is 0 Å². The average molecular weight is 288 g/mol. The third kappa shape index (κ3) is 2.88. The van der Waals surface area contributed by atoms with Gasteiger partial charge in [0.2, 0.25) is 0 Å². The van der Waals surface area contributed by atoms with E-state index >= 15 is 0 Å². The van der Waals surface area contributed by atoms with Crippen LogP contribution in [-0.2, 0) is 6.42 Å². The lowest BCUT2D eigenvalue weighted by molar-refractivity contribution is 0.172. The van der Waals surface area contributed by atoms with Gasteiger partial charge in [0, 0.05) is 24.4 Å². The maximum Gasteiger partial charge on any atom is 0.194 e. The Kier molecular flexibility index (Phi) is 4.07. The Hall–Kier alpha value is -1.59. The summed E-state index contributed by atoms with van der Waals surface area (Å²) in [5, 5.41) is 10.2. The van der Waals surface area contributed by atoms with E-state index in [-0.39, 0.29) is 12.0 Å². The molecule has 1 N–H and O–H groups in total. The second kappa shape index (κ2) is 5.59. The molecule has 1 unspecified atom stereocenters. The van der Waals surface area contributed by atoms with E-state index < -0.39 is 23.6 Å². The van der Waals surface area contributed by atoms with E-state index in [0.717, 1.165) is 12.1 Å². The molecule has 0 radical (unpaired) electrons. The molecule has 0 aliphatic carbocycles. The minimum atomic E-state index is -1.60. The van der Waals surface area contributed by atoms with Crippen LogP contribution in [0, 0.1) is 17.5 Å². The van der Waals surface area contributed by atoms with E-state index in [1.165, 1.54) is 12.4 Å². The van der Waals surface area contributed by atoms with E-state index in [2.05, 4.69) is 4.98 Å². The predicted molar refractivity (Wildman–Crippen MR) is 64.2 cm³/mol. The largest absolute Gasteiger partial charge is 0.388 e. The Morgan fingerprint density at radius 1 is 1.16 bits per heavy atom. The van der Waals surface area contributed by atoms with Gasteiger partial charge < -0.3 is 5.11 Å². The van der Waals surface area contributed by atoms with Crippen LogP contribution in [-0.4, -0.2) is 10.1 Å². The van der Waals surface area contributed by atoms with Gasteiger partial charge in [0.15, 0.2) is 17.5 Å². The fourth-order valence-corrected chi connectivity index (χ4v) is 1.88. The first-order valence-corrected chi connectivity index (χ1v) is 5.78. The Morgan fingerprint density at radius 3 is 2.58 bits per heavy atom. The molecule has 100 valence electrons. The fourth-order valence-electron chi connectivity index (χ4n) is 1.69. The van der Waals surface area contributed by atoms with Gasteiger partial charge in [0.1, 0.15) is 0 Å². The van der Waals surface area contributed by atoms with Crippen molar-refractivity contribution < 1.29 is 18.3 Å². The number of hydrogen-bond donors (Lipinski definition) is 1. The molecule has 1 atom stereocenters. The monoisotopic (exact) mass is 287 g/mol. The number of rotatable bonds is 3. The van der Waals surface area contributed by atoms with Gasteiger partial charge in [-0.2, -0.15) is 0 Å². The number of aliphatic hydroxyl groups is 1. The number of aromatic nitrogens is 1. The van der Waals surface area contributed by atoms with Crippen LogP contribution in [0.5, 0.6) is 0 Å². The van der Waals surface area contributed by atoms with Gasteiger partial charge in [0.05, 0.1) is 11.1 Å². The molecule has 1 aromatic carbocycles.